The fraction of sp³-hybridized carbons (Fsp3) is 0.0600. The van der Waals surface area contributed by atoms with E-state index in [0.717, 1.165) is 56.4 Å². The largest absolute Gasteiger partial charge is 0.449 e. The Morgan fingerprint density at radius 1 is 0.463 bits per heavy atom. The van der Waals surface area contributed by atoms with Crippen LogP contribution >= 0.6 is 0 Å². The van der Waals surface area contributed by atoms with Gasteiger partial charge in [0.15, 0.2) is 23.0 Å². The molecule has 1 aliphatic heterocycles. The summed E-state index contributed by atoms with van der Waals surface area (Å²) in [4.78, 5) is 5.34. The highest BCUT2D eigenvalue weighted by Crippen LogP contribution is 2.59. The number of hydrogen-bond acceptors (Lipinski definition) is 3. The molecule has 0 N–H and O–H groups in total. The molecule has 2 aliphatic rings. The molecule has 0 radical (unpaired) electrons. The molecule has 0 bridgehead atoms. The van der Waals surface area contributed by atoms with E-state index in [9.17, 15) is 0 Å². The van der Waals surface area contributed by atoms with E-state index in [1.807, 2.05) is 24.3 Å². The number of nitrogens with zero attached hydrogens (tertiary/aromatic N) is 2. The summed E-state index contributed by atoms with van der Waals surface area (Å²) >= 11 is 0. The molecule has 0 fully saturated rings. The monoisotopic (exact) mass is 694 g/mol. The summed E-state index contributed by atoms with van der Waals surface area (Å²) in [6.07, 6.45) is 0. The molecule has 54 heavy (non-hydrogen) atoms. The lowest BCUT2D eigenvalue weighted by atomic mass is 9.82. The maximum absolute atomic E-state index is 7.01. The van der Waals surface area contributed by atoms with E-state index in [1.54, 1.807) is 0 Å². The van der Waals surface area contributed by atoms with Gasteiger partial charge in [-0.15, -0.1) is 0 Å². The minimum absolute atomic E-state index is 0.151. The molecule has 0 unspecified atom stereocenters. The van der Waals surface area contributed by atoms with Crippen LogP contribution in [0.1, 0.15) is 25.0 Å². The Morgan fingerprint density at radius 2 is 1.11 bits per heavy atom. The smallest absolute Gasteiger partial charge is 0.179 e. The van der Waals surface area contributed by atoms with E-state index < -0.39 is 0 Å². The van der Waals surface area contributed by atoms with Gasteiger partial charge < -0.3 is 14.0 Å². The number of rotatable bonds is 4. The Balaban J connectivity index is 1.05. The Morgan fingerprint density at radius 3 is 1.89 bits per heavy atom. The predicted octanol–water partition coefficient (Wildman–Crippen LogP) is 13.4. The van der Waals surface area contributed by atoms with Crippen LogP contribution in [0.25, 0.3) is 72.3 Å². The summed E-state index contributed by atoms with van der Waals surface area (Å²) in [7, 11) is 0. The van der Waals surface area contributed by atoms with E-state index in [0.29, 0.717) is 11.5 Å². The quantitative estimate of drug-likeness (QED) is 0.184. The minimum Gasteiger partial charge on any atom is -0.449 e. The summed E-state index contributed by atoms with van der Waals surface area (Å²) in [5.74, 6) is 2.83. The van der Waals surface area contributed by atoms with Gasteiger partial charge in [-0.1, -0.05) is 129 Å². The van der Waals surface area contributed by atoms with Crippen LogP contribution in [0.15, 0.2) is 170 Å². The van der Waals surface area contributed by atoms with Crippen molar-refractivity contribution >= 4 is 21.8 Å². The van der Waals surface area contributed by atoms with Gasteiger partial charge in [0.05, 0.1) is 22.4 Å². The standard InChI is InChI=1S/C50H34N2O2/c1-50(2)39-19-9-6-17-37(39)47-40(50)27-28-46-49(47)54-48-38(18-12-22-45(48)53-46)42-30-33(31-13-4-3-5-14-31)29-41(51-42)32-23-25-34(26-24-32)52-43-20-10-7-15-35(43)36-16-8-11-21-44(36)52/h3-30H,1-2H3. The third-order valence-corrected chi connectivity index (χ3v) is 11.3. The Bertz CT molecular complexity index is 2900. The molecule has 0 saturated heterocycles. The summed E-state index contributed by atoms with van der Waals surface area (Å²) in [5, 5.41) is 2.49. The SMILES string of the molecule is CC1(C)c2ccccc2-c2c1ccc1c2Oc2c(cccc2-c2cc(-c3ccccc3)cc(-c3ccc(-n4c5ccccc5c5ccccc54)cc3)n2)O1. The lowest BCUT2D eigenvalue weighted by molar-refractivity contribution is 0.361. The van der Waals surface area contributed by atoms with E-state index in [1.165, 1.54) is 38.5 Å². The summed E-state index contributed by atoms with van der Waals surface area (Å²) in [6, 6.07) is 59.8. The van der Waals surface area contributed by atoms with E-state index in [2.05, 4.69) is 164 Å². The van der Waals surface area contributed by atoms with Crippen molar-refractivity contribution in [1.29, 1.82) is 0 Å². The first kappa shape index (κ1) is 30.7. The zero-order chi connectivity index (χ0) is 36.0. The molecule has 7 aromatic carbocycles. The van der Waals surface area contributed by atoms with E-state index >= 15 is 0 Å². The fourth-order valence-corrected chi connectivity index (χ4v) is 8.64. The lowest BCUT2D eigenvalue weighted by Gasteiger charge is -2.26. The summed E-state index contributed by atoms with van der Waals surface area (Å²) in [5.41, 5.74) is 14.0. The van der Waals surface area contributed by atoms with Crippen LogP contribution in [-0.4, -0.2) is 9.55 Å². The number of para-hydroxylation sites is 3. The van der Waals surface area contributed by atoms with Crippen molar-refractivity contribution in [2.75, 3.05) is 0 Å². The number of hydrogen-bond donors (Lipinski definition) is 0. The van der Waals surface area contributed by atoms with Gasteiger partial charge in [-0.3, -0.25) is 0 Å². The molecule has 9 aromatic rings. The van der Waals surface area contributed by atoms with Crippen molar-refractivity contribution in [2.45, 2.75) is 19.3 Å². The zero-order valence-corrected chi connectivity index (χ0v) is 29.9. The predicted molar refractivity (Wildman–Crippen MR) is 219 cm³/mol. The highest BCUT2D eigenvalue weighted by atomic mass is 16.6. The highest BCUT2D eigenvalue weighted by molar-refractivity contribution is 6.09. The first-order valence-electron chi connectivity index (χ1n) is 18.5. The average Bonchev–Trinajstić information content (AvgIpc) is 3.68. The van der Waals surface area contributed by atoms with Crippen molar-refractivity contribution in [2.24, 2.45) is 0 Å². The third kappa shape index (κ3) is 4.53. The van der Waals surface area contributed by atoms with Gasteiger partial charge in [0.1, 0.15) is 0 Å². The van der Waals surface area contributed by atoms with Crippen LogP contribution < -0.4 is 9.47 Å². The molecule has 2 aromatic heterocycles. The molecule has 11 rings (SSSR count). The first-order valence-corrected chi connectivity index (χ1v) is 18.5. The van der Waals surface area contributed by atoms with Gasteiger partial charge in [0.2, 0.25) is 0 Å². The molecule has 0 atom stereocenters. The number of benzene rings is 7. The minimum atomic E-state index is -0.151. The summed E-state index contributed by atoms with van der Waals surface area (Å²) < 4.78 is 16.0. The van der Waals surface area contributed by atoms with Crippen LogP contribution in [0.4, 0.5) is 0 Å². The zero-order valence-electron chi connectivity index (χ0n) is 29.9. The van der Waals surface area contributed by atoms with Crippen molar-refractivity contribution in [3.8, 4) is 73.5 Å². The van der Waals surface area contributed by atoms with Crippen LogP contribution in [0, 0.1) is 0 Å². The second-order valence-corrected chi connectivity index (χ2v) is 14.7. The molecule has 3 heterocycles. The molecular formula is C50H34N2O2. The van der Waals surface area contributed by atoms with Gasteiger partial charge in [0, 0.05) is 38.6 Å². The molecule has 1 aliphatic carbocycles. The number of aromatic nitrogens is 2. The van der Waals surface area contributed by atoms with Crippen LogP contribution in [0.5, 0.6) is 23.0 Å². The van der Waals surface area contributed by atoms with Crippen molar-refractivity contribution in [3.63, 3.8) is 0 Å². The van der Waals surface area contributed by atoms with Gasteiger partial charge >= 0.3 is 0 Å². The van der Waals surface area contributed by atoms with Crippen molar-refractivity contribution in [1.82, 2.24) is 9.55 Å². The number of pyridine rings is 1. The highest BCUT2D eigenvalue weighted by Gasteiger charge is 2.40. The van der Waals surface area contributed by atoms with Gasteiger partial charge in [-0.2, -0.15) is 0 Å². The van der Waals surface area contributed by atoms with E-state index in [4.69, 9.17) is 14.5 Å². The number of ether oxygens (including phenoxy) is 2. The fourth-order valence-electron chi connectivity index (χ4n) is 8.64. The second-order valence-electron chi connectivity index (χ2n) is 14.7. The molecule has 4 nitrogen and oxygen atoms in total. The maximum atomic E-state index is 7.01. The number of fused-ring (bicyclic) bond motifs is 9. The molecular weight excluding hydrogens is 661 g/mol. The molecule has 0 spiro atoms. The maximum Gasteiger partial charge on any atom is 0.179 e. The van der Waals surface area contributed by atoms with Crippen LogP contribution in [0.2, 0.25) is 0 Å². The Labute approximate surface area is 313 Å². The summed E-state index contributed by atoms with van der Waals surface area (Å²) in [6.45, 7) is 4.56. The second kappa shape index (κ2) is 11.5. The van der Waals surface area contributed by atoms with Crippen LogP contribution in [0.3, 0.4) is 0 Å². The lowest BCUT2D eigenvalue weighted by Crippen LogP contribution is -2.15. The first-order chi connectivity index (χ1) is 26.5. The molecule has 0 amide bonds. The van der Waals surface area contributed by atoms with Crippen molar-refractivity contribution in [3.05, 3.63) is 181 Å². The van der Waals surface area contributed by atoms with Crippen LogP contribution in [-0.2, 0) is 5.41 Å². The molecule has 0 saturated carbocycles. The molecule has 256 valence electrons. The third-order valence-electron chi connectivity index (χ3n) is 11.3. The Hall–Kier alpha value is -6.91. The van der Waals surface area contributed by atoms with Gasteiger partial charge in [-0.05, 0) is 82.4 Å². The van der Waals surface area contributed by atoms with Gasteiger partial charge in [-0.25, -0.2) is 4.98 Å². The van der Waals surface area contributed by atoms with Gasteiger partial charge in [0.25, 0.3) is 0 Å². The Kier molecular flexibility index (Phi) is 6.56. The average molecular weight is 695 g/mol. The topological polar surface area (TPSA) is 36.3 Å². The van der Waals surface area contributed by atoms with E-state index in [-0.39, 0.29) is 5.41 Å². The van der Waals surface area contributed by atoms with Crippen molar-refractivity contribution < 1.29 is 9.47 Å². The normalized spacial score (nSPS) is 13.4. The molecule has 4 heteroatoms.